The summed E-state index contributed by atoms with van der Waals surface area (Å²) < 4.78 is 4.45. The van der Waals surface area contributed by atoms with Gasteiger partial charge in [0.1, 0.15) is 4.75 Å². The van der Waals surface area contributed by atoms with Crippen LogP contribution in [0.2, 0.25) is 0 Å². The van der Waals surface area contributed by atoms with E-state index in [0.717, 1.165) is 16.0 Å². The van der Waals surface area contributed by atoms with Crippen LogP contribution in [-0.2, 0) is 9.53 Å². The van der Waals surface area contributed by atoms with E-state index in [0.29, 0.717) is 12.2 Å². The van der Waals surface area contributed by atoms with Gasteiger partial charge in [-0.15, -0.1) is 11.8 Å². The van der Waals surface area contributed by atoms with E-state index >= 15 is 0 Å². The van der Waals surface area contributed by atoms with Crippen molar-refractivity contribution in [3.63, 3.8) is 0 Å². The molecule has 1 heterocycles. The number of nitrogens with zero attached hydrogens (tertiary/aromatic N) is 2. The van der Waals surface area contributed by atoms with Gasteiger partial charge in [0.05, 0.1) is 18.2 Å². The van der Waals surface area contributed by atoms with E-state index < -0.39 is 4.75 Å². The molecule has 118 valence electrons. The number of carbonyl (C=O) groups is 1. The van der Waals surface area contributed by atoms with Crippen molar-refractivity contribution in [3.05, 3.63) is 48.3 Å². The zero-order valence-electron chi connectivity index (χ0n) is 13.4. The van der Waals surface area contributed by atoms with E-state index in [1.807, 2.05) is 32.0 Å². The number of hydrogen-bond donors (Lipinski definition) is 0. The normalized spacial score (nSPS) is 10.9. The van der Waals surface area contributed by atoms with Crippen LogP contribution in [0.3, 0.4) is 0 Å². The van der Waals surface area contributed by atoms with Crippen molar-refractivity contribution in [2.45, 2.75) is 30.4 Å². The molecule has 0 amide bonds. The lowest BCUT2D eigenvalue weighted by atomic mass is 10.1. The molecule has 0 radical (unpaired) electrons. The second-order valence-electron chi connectivity index (χ2n) is 5.39. The first-order valence-corrected chi connectivity index (χ1v) is 8.10. The highest BCUT2D eigenvalue weighted by Crippen LogP contribution is 2.39. The molecule has 0 N–H and O–H groups in total. The first kappa shape index (κ1) is 17.0. The Kier molecular flexibility index (Phi) is 5.41. The van der Waals surface area contributed by atoms with E-state index in [2.05, 4.69) is 11.1 Å². The molecule has 0 atom stereocenters. The van der Waals surface area contributed by atoms with Crippen LogP contribution in [-0.4, -0.2) is 22.3 Å². The van der Waals surface area contributed by atoms with Gasteiger partial charge in [-0.1, -0.05) is 12.1 Å². The predicted octanol–water partition coefficient (Wildman–Crippen LogP) is 4.05. The zero-order valence-corrected chi connectivity index (χ0v) is 14.2. The van der Waals surface area contributed by atoms with Crippen molar-refractivity contribution in [1.29, 1.82) is 5.26 Å². The Morgan fingerprint density at radius 2 is 2.00 bits per heavy atom. The van der Waals surface area contributed by atoms with E-state index in [1.165, 1.54) is 11.8 Å². The highest BCUT2D eigenvalue weighted by molar-refractivity contribution is 8.01. The van der Waals surface area contributed by atoms with Gasteiger partial charge in [-0.3, -0.25) is 9.78 Å². The number of carbonyl (C=O) groups excluding carboxylic acids is 1. The number of pyridine rings is 1. The number of benzene rings is 1. The van der Waals surface area contributed by atoms with Crippen LogP contribution < -0.4 is 0 Å². The number of hydrogen-bond acceptors (Lipinski definition) is 5. The van der Waals surface area contributed by atoms with Gasteiger partial charge >= 0.3 is 5.97 Å². The summed E-state index contributed by atoms with van der Waals surface area (Å²) in [6.45, 7) is 5.85. The molecule has 0 saturated carbocycles. The number of esters is 1. The van der Waals surface area contributed by atoms with Crippen LogP contribution in [0, 0.1) is 11.3 Å². The molecule has 0 fully saturated rings. The summed E-state index contributed by atoms with van der Waals surface area (Å²) in [7, 11) is 0. The third kappa shape index (κ3) is 4.11. The van der Waals surface area contributed by atoms with Crippen LogP contribution in [0.4, 0.5) is 0 Å². The minimum atomic E-state index is -0.696. The standard InChI is InChI=1S/C18H18N2O2S/c1-4-22-17(21)18(2,3)23-16-9-10-20-12-15(16)14-7-5-13(11-19)6-8-14/h5-10,12H,4H2,1-3H3. The average Bonchev–Trinajstić information content (AvgIpc) is 2.55. The average molecular weight is 326 g/mol. The van der Waals surface area contributed by atoms with Gasteiger partial charge in [0.25, 0.3) is 0 Å². The Labute approximate surface area is 140 Å². The number of aromatic nitrogens is 1. The van der Waals surface area contributed by atoms with E-state index in [4.69, 9.17) is 10.00 Å². The second-order valence-corrected chi connectivity index (χ2v) is 7.06. The van der Waals surface area contributed by atoms with Crippen LogP contribution in [0.1, 0.15) is 26.3 Å². The minimum absolute atomic E-state index is 0.243. The molecule has 0 saturated heterocycles. The third-order valence-corrected chi connectivity index (χ3v) is 4.49. The maximum Gasteiger partial charge on any atom is 0.321 e. The lowest BCUT2D eigenvalue weighted by Crippen LogP contribution is -2.30. The fourth-order valence-corrected chi connectivity index (χ4v) is 3.13. The van der Waals surface area contributed by atoms with Gasteiger partial charge in [0.2, 0.25) is 0 Å². The third-order valence-electron chi connectivity index (χ3n) is 3.24. The molecule has 2 aromatic rings. The molecule has 1 aromatic heterocycles. The Morgan fingerprint density at radius 1 is 1.30 bits per heavy atom. The van der Waals surface area contributed by atoms with Crippen molar-refractivity contribution >= 4 is 17.7 Å². The van der Waals surface area contributed by atoms with Crippen LogP contribution in [0.5, 0.6) is 0 Å². The molecule has 4 nitrogen and oxygen atoms in total. The Bertz CT molecular complexity index is 733. The SMILES string of the molecule is CCOC(=O)C(C)(C)Sc1ccncc1-c1ccc(C#N)cc1. The molecule has 0 unspecified atom stereocenters. The topological polar surface area (TPSA) is 63.0 Å². The van der Waals surface area contributed by atoms with Gasteiger partial charge in [-0.2, -0.15) is 5.26 Å². The first-order chi connectivity index (χ1) is 11.0. The Morgan fingerprint density at radius 3 is 2.61 bits per heavy atom. The molecule has 2 rings (SSSR count). The van der Waals surface area contributed by atoms with E-state index in [1.54, 1.807) is 31.5 Å². The van der Waals surface area contributed by atoms with Gasteiger partial charge in [-0.25, -0.2) is 0 Å². The maximum atomic E-state index is 12.1. The van der Waals surface area contributed by atoms with Gasteiger partial charge in [0, 0.05) is 22.9 Å². The smallest absolute Gasteiger partial charge is 0.321 e. The fraction of sp³-hybridized carbons (Fsp3) is 0.278. The van der Waals surface area contributed by atoms with Gasteiger partial charge in [-0.05, 0) is 44.5 Å². The van der Waals surface area contributed by atoms with Crippen molar-refractivity contribution in [1.82, 2.24) is 4.98 Å². The van der Waals surface area contributed by atoms with Crippen molar-refractivity contribution in [2.24, 2.45) is 0 Å². The first-order valence-electron chi connectivity index (χ1n) is 7.28. The summed E-state index contributed by atoms with van der Waals surface area (Å²) in [5.41, 5.74) is 2.50. The molecule has 0 bridgehead atoms. The summed E-state index contributed by atoms with van der Waals surface area (Å²) in [6.07, 6.45) is 3.47. The largest absolute Gasteiger partial charge is 0.465 e. The van der Waals surface area contributed by atoms with Crippen LogP contribution in [0.15, 0.2) is 47.6 Å². The Balaban J connectivity index is 2.34. The number of rotatable bonds is 5. The maximum absolute atomic E-state index is 12.1. The van der Waals surface area contributed by atoms with Crippen molar-refractivity contribution in [2.75, 3.05) is 6.61 Å². The highest BCUT2D eigenvalue weighted by atomic mass is 32.2. The molecule has 1 aromatic carbocycles. The van der Waals surface area contributed by atoms with Gasteiger partial charge < -0.3 is 4.74 Å². The monoisotopic (exact) mass is 326 g/mol. The predicted molar refractivity (Wildman–Crippen MR) is 91.0 cm³/mol. The van der Waals surface area contributed by atoms with Crippen molar-refractivity contribution < 1.29 is 9.53 Å². The van der Waals surface area contributed by atoms with Crippen LogP contribution in [0.25, 0.3) is 11.1 Å². The second kappa shape index (κ2) is 7.30. The molecule has 23 heavy (non-hydrogen) atoms. The van der Waals surface area contributed by atoms with E-state index in [-0.39, 0.29) is 5.97 Å². The zero-order chi connectivity index (χ0) is 16.9. The number of nitriles is 1. The summed E-state index contributed by atoms with van der Waals surface area (Å²) in [5.74, 6) is -0.243. The van der Waals surface area contributed by atoms with Crippen LogP contribution >= 0.6 is 11.8 Å². The lowest BCUT2D eigenvalue weighted by Gasteiger charge is -2.23. The highest BCUT2D eigenvalue weighted by Gasteiger charge is 2.31. The summed E-state index contributed by atoms with van der Waals surface area (Å²) in [5, 5.41) is 8.90. The fourth-order valence-electron chi connectivity index (χ4n) is 2.03. The molecular weight excluding hydrogens is 308 g/mol. The number of thioether (sulfide) groups is 1. The van der Waals surface area contributed by atoms with Crippen molar-refractivity contribution in [3.8, 4) is 17.2 Å². The molecule has 0 aliphatic carbocycles. The summed E-state index contributed by atoms with van der Waals surface area (Å²) in [6, 6.07) is 11.3. The minimum Gasteiger partial charge on any atom is -0.465 e. The molecule has 0 aliphatic rings. The molecule has 0 spiro atoms. The molecule has 5 heteroatoms. The lowest BCUT2D eigenvalue weighted by molar-refractivity contribution is -0.145. The molecular formula is C18H18N2O2S. The van der Waals surface area contributed by atoms with E-state index in [9.17, 15) is 4.79 Å². The Hall–Kier alpha value is -2.32. The quantitative estimate of drug-likeness (QED) is 0.612. The summed E-state index contributed by atoms with van der Waals surface area (Å²) >= 11 is 1.45. The summed E-state index contributed by atoms with van der Waals surface area (Å²) in [4.78, 5) is 17.2. The molecule has 0 aliphatic heterocycles. The number of ether oxygens (including phenoxy) is 1. The van der Waals surface area contributed by atoms with Gasteiger partial charge in [0.15, 0.2) is 0 Å².